The maximum atomic E-state index is 6.19. The molecule has 0 saturated heterocycles. The van der Waals surface area contributed by atoms with Crippen LogP contribution in [0, 0.1) is 0 Å². The zero-order chi connectivity index (χ0) is 18.5. The van der Waals surface area contributed by atoms with Gasteiger partial charge in [-0.2, -0.15) is 0 Å². The Kier molecular flexibility index (Phi) is 6.71. The fourth-order valence-corrected chi connectivity index (χ4v) is 3.21. The molecule has 0 bridgehead atoms. The van der Waals surface area contributed by atoms with Gasteiger partial charge in [0.1, 0.15) is 12.4 Å². The molecule has 2 nitrogen and oxygen atoms in total. The summed E-state index contributed by atoms with van der Waals surface area (Å²) < 4.78 is 6.83. The Balaban J connectivity index is 1.73. The van der Waals surface area contributed by atoms with Crippen LogP contribution in [0.2, 0.25) is 15.1 Å². The first-order chi connectivity index (χ1) is 12.5. The molecule has 0 atom stereocenters. The van der Waals surface area contributed by atoms with E-state index in [2.05, 4.69) is 21.2 Å². The quantitative estimate of drug-likeness (QED) is 0.400. The Morgan fingerprint density at radius 2 is 1.65 bits per heavy atom. The van der Waals surface area contributed by atoms with Gasteiger partial charge in [0.15, 0.2) is 0 Å². The average molecular weight is 472 g/mol. The molecule has 0 saturated carbocycles. The average Bonchev–Trinajstić information content (AvgIpc) is 2.63. The first-order valence-electron chi connectivity index (χ1n) is 7.86. The van der Waals surface area contributed by atoms with Gasteiger partial charge in [0.2, 0.25) is 0 Å². The van der Waals surface area contributed by atoms with E-state index in [-0.39, 0.29) is 0 Å². The Morgan fingerprint density at radius 1 is 0.846 bits per heavy atom. The molecule has 0 spiro atoms. The lowest BCUT2D eigenvalue weighted by molar-refractivity contribution is 0.303. The van der Waals surface area contributed by atoms with Gasteiger partial charge in [-0.3, -0.25) is 0 Å². The van der Waals surface area contributed by atoms with Crippen molar-refractivity contribution in [2.45, 2.75) is 13.2 Å². The minimum Gasteiger partial charge on any atom is -0.488 e. The Hall–Kier alpha value is -1.39. The van der Waals surface area contributed by atoms with E-state index >= 15 is 0 Å². The van der Waals surface area contributed by atoms with Crippen molar-refractivity contribution < 1.29 is 4.74 Å². The van der Waals surface area contributed by atoms with Crippen LogP contribution < -0.4 is 10.1 Å². The van der Waals surface area contributed by atoms with Crippen LogP contribution in [0.3, 0.4) is 0 Å². The minimum absolute atomic E-state index is 0.387. The van der Waals surface area contributed by atoms with Crippen molar-refractivity contribution in [3.05, 3.63) is 91.3 Å². The summed E-state index contributed by atoms with van der Waals surface area (Å²) in [5.41, 5.74) is 2.79. The highest BCUT2D eigenvalue weighted by molar-refractivity contribution is 9.10. The van der Waals surface area contributed by atoms with Crippen LogP contribution in [0.1, 0.15) is 11.1 Å². The van der Waals surface area contributed by atoms with Crippen molar-refractivity contribution in [1.82, 2.24) is 0 Å². The highest BCUT2D eigenvalue weighted by atomic mass is 79.9. The molecule has 3 aromatic carbocycles. The normalized spacial score (nSPS) is 10.6. The van der Waals surface area contributed by atoms with Crippen molar-refractivity contribution in [3.63, 3.8) is 0 Å². The van der Waals surface area contributed by atoms with E-state index in [1.807, 2.05) is 60.7 Å². The third-order valence-electron chi connectivity index (χ3n) is 3.77. The molecule has 0 heterocycles. The maximum Gasteiger partial charge on any atom is 0.124 e. The van der Waals surface area contributed by atoms with E-state index in [0.29, 0.717) is 28.2 Å². The van der Waals surface area contributed by atoms with Crippen LogP contribution in [-0.2, 0) is 13.2 Å². The van der Waals surface area contributed by atoms with Gasteiger partial charge >= 0.3 is 0 Å². The maximum absolute atomic E-state index is 6.19. The standard InChI is InChI=1S/C20H15BrCl3NO/c21-17-7-6-16(10-19(17)24)25-11-14-9-15(22)5-8-20(14)26-12-13-3-1-2-4-18(13)23/h1-10,25H,11-12H2. The summed E-state index contributed by atoms with van der Waals surface area (Å²) in [6, 6.07) is 18.9. The summed E-state index contributed by atoms with van der Waals surface area (Å²) >= 11 is 21.9. The topological polar surface area (TPSA) is 21.3 Å². The van der Waals surface area contributed by atoms with Crippen LogP contribution in [-0.4, -0.2) is 0 Å². The Labute approximate surface area is 176 Å². The molecule has 0 aliphatic heterocycles. The predicted molar refractivity (Wildman–Crippen MR) is 114 cm³/mol. The summed E-state index contributed by atoms with van der Waals surface area (Å²) in [6.45, 7) is 0.939. The van der Waals surface area contributed by atoms with Crippen molar-refractivity contribution in [1.29, 1.82) is 0 Å². The summed E-state index contributed by atoms with van der Waals surface area (Å²) in [6.07, 6.45) is 0. The van der Waals surface area contributed by atoms with Crippen molar-refractivity contribution in [2.75, 3.05) is 5.32 Å². The van der Waals surface area contributed by atoms with Crippen LogP contribution in [0.4, 0.5) is 5.69 Å². The second kappa shape index (κ2) is 9.01. The number of rotatable bonds is 6. The number of halogens is 4. The van der Waals surface area contributed by atoms with E-state index < -0.39 is 0 Å². The molecule has 0 fully saturated rings. The lowest BCUT2D eigenvalue weighted by Gasteiger charge is -2.14. The fourth-order valence-electron chi connectivity index (χ4n) is 2.40. The van der Waals surface area contributed by atoms with E-state index in [1.54, 1.807) is 0 Å². The van der Waals surface area contributed by atoms with E-state index in [1.165, 1.54) is 0 Å². The number of hydrogen-bond donors (Lipinski definition) is 1. The SMILES string of the molecule is Clc1ccc(OCc2ccccc2Cl)c(CNc2ccc(Br)c(Cl)c2)c1. The molecule has 0 aliphatic carbocycles. The number of nitrogens with one attached hydrogen (secondary N) is 1. The zero-order valence-electron chi connectivity index (χ0n) is 13.6. The molecule has 6 heteroatoms. The van der Waals surface area contributed by atoms with Gasteiger partial charge in [0, 0.05) is 37.9 Å². The van der Waals surface area contributed by atoms with Gasteiger partial charge in [0.25, 0.3) is 0 Å². The predicted octanol–water partition coefficient (Wildman–Crippen LogP) is 7.60. The lowest BCUT2D eigenvalue weighted by atomic mass is 10.2. The van der Waals surface area contributed by atoms with Crippen LogP contribution in [0.15, 0.2) is 65.1 Å². The summed E-state index contributed by atoms with van der Waals surface area (Å²) in [5.74, 6) is 0.755. The van der Waals surface area contributed by atoms with E-state index in [4.69, 9.17) is 39.5 Å². The van der Waals surface area contributed by atoms with E-state index in [0.717, 1.165) is 27.0 Å². The molecule has 0 unspecified atom stereocenters. The number of hydrogen-bond acceptors (Lipinski definition) is 2. The number of anilines is 1. The zero-order valence-corrected chi connectivity index (χ0v) is 17.5. The van der Waals surface area contributed by atoms with Gasteiger partial charge in [-0.1, -0.05) is 53.0 Å². The van der Waals surface area contributed by atoms with E-state index in [9.17, 15) is 0 Å². The van der Waals surface area contributed by atoms with Gasteiger partial charge in [-0.15, -0.1) is 0 Å². The Morgan fingerprint density at radius 3 is 2.42 bits per heavy atom. The molecular weight excluding hydrogens is 456 g/mol. The molecule has 3 rings (SSSR count). The number of ether oxygens (including phenoxy) is 1. The van der Waals surface area contributed by atoms with Crippen LogP contribution in [0.5, 0.6) is 5.75 Å². The monoisotopic (exact) mass is 469 g/mol. The van der Waals surface area contributed by atoms with Gasteiger partial charge in [-0.05, 0) is 58.4 Å². The highest BCUT2D eigenvalue weighted by Crippen LogP contribution is 2.28. The summed E-state index contributed by atoms with van der Waals surface area (Å²) in [5, 5.41) is 5.32. The smallest absolute Gasteiger partial charge is 0.124 e. The highest BCUT2D eigenvalue weighted by Gasteiger charge is 2.08. The van der Waals surface area contributed by atoms with Crippen LogP contribution >= 0.6 is 50.7 Å². The third-order valence-corrected chi connectivity index (χ3v) is 5.60. The molecule has 1 N–H and O–H groups in total. The molecular formula is C20H15BrCl3NO. The van der Waals surface area contributed by atoms with Gasteiger partial charge < -0.3 is 10.1 Å². The summed E-state index contributed by atoms with van der Waals surface area (Å²) in [7, 11) is 0. The van der Waals surface area contributed by atoms with Crippen LogP contribution in [0.25, 0.3) is 0 Å². The first-order valence-corrected chi connectivity index (χ1v) is 9.79. The Bertz CT molecular complexity index is 917. The number of benzene rings is 3. The largest absolute Gasteiger partial charge is 0.488 e. The molecule has 134 valence electrons. The second-order valence-corrected chi connectivity index (χ2v) is 7.72. The molecule has 26 heavy (non-hydrogen) atoms. The summed E-state index contributed by atoms with van der Waals surface area (Å²) in [4.78, 5) is 0. The van der Waals surface area contributed by atoms with Gasteiger partial charge in [0.05, 0.1) is 5.02 Å². The molecule has 0 aliphatic rings. The second-order valence-electron chi connectivity index (χ2n) is 5.61. The van der Waals surface area contributed by atoms with Gasteiger partial charge in [-0.25, -0.2) is 0 Å². The molecule has 3 aromatic rings. The fraction of sp³-hybridized carbons (Fsp3) is 0.100. The molecule has 0 amide bonds. The van der Waals surface area contributed by atoms with Crippen molar-refractivity contribution in [2.24, 2.45) is 0 Å². The lowest BCUT2D eigenvalue weighted by Crippen LogP contribution is -2.04. The first kappa shape index (κ1) is 19.4. The molecule has 0 radical (unpaired) electrons. The third kappa shape index (κ3) is 5.08. The molecule has 0 aromatic heterocycles. The van der Waals surface area contributed by atoms with Crippen molar-refractivity contribution >= 4 is 56.4 Å². The minimum atomic E-state index is 0.387. The van der Waals surface area contributed by atoms with Crippen molar-refractivity contribution in [3.8, 4) is 5.75 Å².